The van der Waals surface area contributed by atoms with E-state index >= 15 is 0 Å². The quantitative estimate of drug-likeness (QED) is 0.857. The Hall–Kier alpha value is -0.820. The molecule has 1 aromatic carbocycles. The molecule has 2 aliphatic carbocycles. The second-order valence-corrected chi connectivity index (χ2v) is 6.58. The van der Waals surface area contributed by atoms with Crippen LogP contribution in [0.5, 0.6) is 0 Å². The van der Waals surface area contributed by atoms with Gasteiger partial charge in [-0.05, 0) is 43.1 Å². The van der Waals surface area contributed by atoms with Crippen molar-refractivity contribution in [1.82, 2.24) is 0 Å². The highest BCUT2D eigenvalue weighted by atomic mass is 14.8. The fourth-order valence-electron chi connectivity index (χ4n) is 3.98. The molecule has 2 N–H and O–H groups in total. The Morgan fingerprint density at radius 2 is 1.89 bits per heavy atom. The normalized spacial score (nSPS) is 31.9. The van der Waals surface area contributed by atoms with Crippen LogP contribution >= 0.6 is 0 Å². The fourth-order valence-corrected chi connectivity index (χ4v) is 3.98. The Balaban J connectivity index is 1.78. The lowest BCUT2D eigenvalue weighted by Crippen LogP contribution is -2.43. The van der Waals surface area contributed by atoms with Gasteiger partial charge in [-0.15, -0.1) is 0 Å². The Morgan fingerprint density at radius 3 is 2.50 bits per heavy atom. The van der Waals surface area contributed by atoms with Gasteiger partial charge in [0.05, 0.1) is 0 Å². The largest absolute Gasteiger partial charge is 0.327 e. The lowest BCUT2D eigenvalue weighted by Gasteiger charge is -2.36. The van der Waals surface area contributed by atoms with Crippen molar-refractivity contribution in [3.05, 3.63) is 35.9 Å². The van der Waals surface area contributed by atoms with E-state index in [1.807, 2.05) is 0 Å². The number of hydrogen-bond donors (Lipinski definition) is 1. The van der Waals surface area contributed by atoms with Gasteiger partial charge in [-0.3, -0.25) is 0 Å². The van der Waals surface area contributed by atoms with E-state index in [1.54, 1.807) is 0 Å². The lowest BCUT2D eigenvalue weighted by molar-refractivity contribution is 0.221. The van der Waals surface area contributed by atoms with Crippen molar-refractivity contribution in [3.63, 3.8) is 0 Å². The zero-order chi connectivity index (χ0) is 12.6. The van der Waals surface area contributed by atoms with Crippen LogP contribution in [0, 0.1) is 11.8 Å². The first-order valence-electron chi connectivity index (χ1n) is 7.53. The van der Waals surface area contributed by atoms with Gasteiger partial charge >= 0.3 is 0 Å². The fraction of sp³-hybridized carbons (Fsp3) is 0.647. The predicted octanol–water partition coefficient (Wildman–Crippen LogP) is 3.87. The summed E-state index contributed by atoms with van der Waals surface area (Å²) in [5.41, 5.74) is 8.49. The number of hydrogen-bond acceptors (Lipinski definition) is 1. The molecule has 0 amide bonds. The molecule has 0 spiro atoms. The van der Waals surface area contributed by atoms with Crippen molar-refractivity contribution >= 4 is 0 Å². The van der Waals surface area contributed by atoms with Crippen LogP contribution in [0.25, 0.3) is 0 Å². The number of nitrogens with two attached hydrogens (primary N) is 1. The second kappa shape index (κ2) is 4.70. The minimum atomic E-state index is 0.322. The van der Waals surface area contributed by atoms with Crippen molar-refractivity contribution in [3.8, 4) is 0 Å². The molecule has 1 nitrogen and oxygen atoms in total. The van der Waals surface area contributed by atoms with Gasteiger partial charge < -0.3 is 5.73 Å². The van der Waals surface area contributed by atoms with Crippen LogP contribution in [0.2, 0.25) is 0 Å². The standard InChI is InChI=1S/C17H25N/c1-13-6-5-7-14(12-13)16(18)17(10-11-17)15-8-3-2-4-9-15/h2-4,8-9,13-14,16H,5-7,10-12,18H2,1H3. The average molecular weight is 243 g/mol. The molecule has 0 saturated heterocycles. The van der Waals surface area contributed by atoms with Crippen molar-refractivity contribution in [2.24, 2.45) is 17.6 Å². The minimum Gasteiger partial charge on any atom is -0.327 e. The summed E-state index contributed by atoms with van der Waals surface area (Å²) in [5, 5.41) is 0. The average Bonchev–Trinajstić information content (AvgIpc) is 3.20. The van der Waals surface area contributed by atoms with E-state index in [1.165, 1.54) is 44.1 Å². The molecule has 3 atom stereocenters. The number of benzene rings is 1. The molecular formula is C17H25N. The van der Waals surface area contributed by atoms with Crippen LogP contribution in [0.1, 0.15) is 51.0 Å². The van der Waals surface area contributed by atoms with Crippen molar-refractivity contribution in [2.45, 2.75) is 56.9 Å². The van der Waals surface area contributed by atoms with Gasteiger partial charge in [0.2, 0.25) is 0 Å². The molecule has 0 aromatic heterocycles. The van der Waals surface area contributed by atoms with Gasteiger partial charge in [0.1, 0.15) is 0 Å². The summed E-state index contributed by atoms with van der Waals surface area (Å²) in [5.74, 6) is 1.62. The first-order valence-corrected chi connectivity index (χ1v) is 7.53. The van der Waals surface area contributed by atoms with Crippen LogP contribution in [0.3, 0.4) is 0 Å². The van der Waals surface area contributed by atoms with Crippen molar-refractivity contribution in [1.29, 1.82) is 0 Å². The second-order valence-electron chi connectivity index (χ2n) is 6.58. The van der Waals surface area contributed by atoms with Gasteiger partial charge in [0.15, 0.2) is 0 Å². The maximum absolute atomic E-state index is 6.68. The molecule has 0 radical (unpaired) electrons. The van der Waals surface area contributed by atoms with E-state index in [-0.39, 0.29) is 0 Å². The highest BCUT2D eigenvalue weighted by molar-refractivity contribution is 5.34. The maximum atomic E-state index is 6.68. The zero-order valence-corrected chi connectivity index (χ0v) is 11.4. The summed E-state index contributed by atoms with van der Waals surface area (Å²) in [6.45, 7) is 2.39. The van der Waals surface area contributed by atoms with E-state index in [2.05, 4.69) is 37.3 Å². The van der Waals surface area contributed by atoms with Crippen molar-refractivity contribution in [2.75, 3.05) is 0 Å². The van der Waals surface area contributed by atoms with E-state index in [0.29, 0.717) is 11.5 Å². The highest BCUT2D eigenvalue weighted by Gasteiger charge is 2.51. The summed E-state index contributed by atoms with van der Waals surface area (Å²) in [4.78, 5) is 0. The third kappa shape index (κ3) is 2.09. The first-order chi connectivity index (χ1) is 8.72. The third-order valence-electron chi connectivity index (χ3n) is 5.26. The Bertz CT molecular complexity index is 393. The molecule has 2 saturated carbocycles. The Labute approximate surface area is 111 Å². The van der Waals surface area contributed by atoms with Crippen LogP contribution in [-0.4, -0.2) is 6.04 Å². The van der Waals surface area contributed by atoms with Gasteiger partial charge in [-0.2, -0.15) is 0 Å². The SMILES string of the molecule is CC1CCCC(C(N)C2(c3ccccc3)CC2)C1. The summed E-state index contributed by atoms with van der Waals surface area (Å²) in [6, 6.07) is 11.4. The van der Waals surface area contributed by atoms with E-state index in [0.717, 1.165) is 11.8 Å². The Morgan fingerprint density at radius 1 is 1.17 bits per heavy atom. The molecule has 0 heterocycles. The molecule has 1 heteroatoms. The van der Waals surface area contributed by atoms with Crippen LogP contribution in [-0.2, 0) is 5.41 Å². The summed E-state index contributed by atoms with van der Waals surface area (Å²) in [7, 11) is 0. The zero-order valence-electron chi connectivity index (χ0n) is 11.4. The highest BCUT2D eigenvalue weighted by Crippen LogP contribution is 2.53. The van der Waals surface area contributed by atoms with E-state index in [9.17, 15) is 0 Å². The lowest BCUT2D eigenvalue weighted by atomic mass is 9.72. The molecule has 98 valence electrons. The molecule has 3 unspecified atom stereocenters. The van der Waals surface area contributed by atoms with Gasteiger partial charge in [-0.25, -0.2) is 0 Å². The predicted molar refractivity (Wildman–Crippen MR) is 76.5 cm³/mol. The van der Waals surface area contributed by atoms with Gasteiger partial charge in [0.25, 0.3) is 0 Å². The smallest absolute Gasteiger partial charge is 0.0165 e. The van der Waals surface area contributed by atoms with Crippen LogP contribution in [0.4, 0.5) is 0 Å². The first kappa shape index (κ1) is 12.2. The van der Waals surface area contributed by atoms with E-state index in [4.69, 9.17) is 5.73 Å². The van der Waals surface area contributed by atoms with Crippen molar-refractivity contribution < 1.29 is 0 Å². The Kier molecular flexibility index (Phi) is 3.19. The van der Waals surface area contributed by atoms with Crippen LogP contribution < -0.4 is 5.73 Å². The molecule has 1 aromatic rings. The summed E-state index contributed by atoms with van der Waals surface area (Å²) >= 11 is 0. The summed E-state index contributed by atoms with van der Waals surface area (Å²) < 4.78 is 0. The molecule has 18 heavy (non-hydrogen) atoms. The molecule has 2 aliphatic rings. The van der Waals surface area contributed by atoms with Crippen LogP contribution in [0.15, 0.2) is 30.3 Å². The van der Waals surface area contributed by atoms with Gasteiger partial charge in [0, 0.05) is 11.5 Å². The molecular weight excluding hydrogens is 218 g/mol. The molecule has 0 bridgehead atoms. The number of rotatable bonds is 3. The maximum Gasteiger partial charge on any atom is 0.0165 e. The topological polar surface area (TPSA) is 26.0 Å². The molecule has 2 fully saturated rings. The molecule has 3 rings (SSSR count). The molecule has 0 aliphatic heterocycles. The monoisotopic (exact) mass is 243 g/mol. The minimum absolute atomic E-state index is 0.322. The summed E-state index contributed by atoms with van der Waals surface area (Å²) in [6.07, 6.45) is 8.06. The van der Waals surface area contributed by atoms with Gasteiger partial charge in [-0.1, -0.05) is 50.1 Å². The third-order valence-corrected chi connectivity index (χ3v) is 5.26. The van der Waals surface area contributed by atoms with E-state index < -0.39 is 0 Å².